The van der Waals surface area contributed by atoms with Gasteiger partial charge in [-0.3, -0.25) is 4.79 Å². The Morgan fingerprint density at radius 2 is 1.50 bits per heavy atom. The van der Waals surface area contributed by atoms with Crippen molar-refractivity contribution in [2.75, 3.05) is 7.11 Å². The lowest BCUT2D eigenvalue weighted by Gasteiger charge is -2.59. The summed E-state index contributed by atoms with van der Waals surface area (Å²) in [6, 6.07) is 0. The standard InChI is InChI=1S/C46H48O2/c1-45(5-3-4-22(47)48-2)44-21-12-19-10-17-8-15-6-14-7-16-9-18-11-20-13-46(44,45)43-41-29(20)25(18)33-27(16)31-23(14)24(15)32-28(17)34-26(19)30(21)42(43)40-38(34)36(32)35(31)37(33)39(40)41/h7-8,13,15-16,18-19,21,24-29,32-41,43-44H,3-6,9-12H2,1-2H3. The Kier molecular flexibility index (Phi) is 3.37. The van der Waals surface area contributed by atoms with Gasteiger partial charge >= 0.3 is 5.97 Å². The highest BCUT2D eigenvalue weighted by atomic mass is 16.5. The number of fused-ring (bicyclic) bond motifs is 1. The second-order valence-corrected chi connectivity index (χ2v) is 22.1. The van der Waals surface area contributed by atoms with E-state index < -0.39 is 0 Å². The Hall–Kier alpha value is -1.83. The second-order valence-electron chi connectivity index (χ2n) is 22.1. The molecule has 2 nitrogen and oxygen atoms in total. The van der Waals surface area contributed by atoms with Crippen LogP contribution in [0, 0.1) is 147 Å². The molecule has 11 fully saturated rings. The molecule has 17 aliphatic carbocycles. The van der Waals surface area contributed by atoms with Gasteiger partial charge in [0, 0.05) is 11.8 Å². The SMILES string of the molecule is COC(=O)CCCC1(C)C2C3CC4CC5=CC6CC7=CC8CC9CC%10=CC21C1C2=C3C4C3C5C4C6C7=C5C8C6C9C%10C1C1C2C3C4C5C61. The summed E-state index contributed by atoms with van der Waals surface area (Å²) in [4.78, 5) is 12.5. The molecule has 0 aromatic heterocycles. The van der Waals surface area contributed by atoms with Crippen LogP contribution in [0.5, 0.6) is 0 Å². The van der Waals surface area contributed by atoms with Crippen LogP contribution in [0.4, 0.5) is 0 Å². The lowest BCUT2D eigenvalue weighted by molar-refractivity contribution is -0.140. The summed E-state index contributed by atoms with van der Waals surface area (Å²) in [6.07, 6.45) is 19.5. The van der Waals surface area contributed by atoms with Gasteiger partial charge in [-0.05, 0) is 198 Å². The van der Waals surface area contributed by atoms with Gasteiger partial charge in [0.25, 0.3) is 0 Å². The van der Waals surface area contributed by atoms with Crippen LogP contribution in [0.15, 0.2) is 57.2 Å². The number of allylic oxidation sites excluding steroid dienone is 10. The summed E-state index contributed by atoms with van der Waals surface area (Å²) in [7, 11) is 1.59. The fourth-order valence-electron chi connectivity index (χ4n) is 23.4. The highest BCUT2D eigenvalue weighted by Crippen LogP contribution is 2.96. The molecule has 0 radical (unpaired) electrons. The molecule has 0 bridgehead atoms. The quantitative estimate of drug-likeness (QED) is 0.232. The molecule has 25 atom stereocenters. The van der Waals surface area contributed by atoms with E-state index in [0.717, 1.165) is 143 Å². The third-order valence-electron chi connectivity index (χ3n) is 22.6. The average Bonchev–Trinajstić information content (AvgIpc) is 3.79. The largest absolute Gasteiger partial charge is 0.469 e. The predicted octanol–water partition coefficient (Wildman–Crippen LogP) is 8.05. The third kappa shape index (κ3) is 1.88. The summed E-state index contributed by atoms with van der Waals surface area (Å²) in [5.74, 6) is 22.0. The fraction of sp³-hybridized carbons (Fsp3) is 0.761. The first-order chi connectivity index (χ1) is 23.5. The molecule has 25 unspecified atom stereocenters. The molecule has 0 aromatic carbocycles. The molecule has 1 spiro atoms. The minimum absolute atomic E-state index is 0.0122. The number of hydrogen-bond acceptors (Lipinski definition) is 2. The van der Waals surface area contributed by atoms with Crippen LogP contribution in [-0.4, -0.2) is 13.1 Å². The molecule has 11 saturated carbocycles. The number of carbonyl (C=O) groups excluding carboxylic acids is 1. The Labute approximate surface area is 284 Å². The van der Waals surface area contributed by atoms with Gasteiger partial charge in [0.15, 0.2) is 0 Å². The van der Waals surface area contributed by atoms with Crippen molar-refractivity contribution in [2.24, 2.45) is 147 Å². The van der Waals surface area contributed by atoms with Crippen molar-refractivity contribution < 1.29 is 9.53 Å². The van der Waals surface area contributed by atoms with E-state index in [2.05, 4.69) is 47.4 Å². The number of ether oxygens (including phenoxy) is 1. The van der Waals surface area contributed by atoms with E-state index in [1.807, 2.05) is 16.7 Å². The maximum atomic E-state index is 12.5. The van der Waals surface area contributed by atoms with Crippen LogP contribution in [0.1, 0.15) is 58.3 Å². The van der Waals surface area contributed by atoms with Crippen molar-refractivity contribution in [1.82, 2.24) is 0 Å². The molecule has 2 heteroatoms. The Morgan fingerprint density at radius 3 is 2.40 bits per heavy atom. The van der Waals surface area contributed by atoms with Crippen LogP contribution in [0.3, 0.4) is 0 Å². The lowest BCUT2D eigenvalue weighted by atomic mass is 9.44. The topological polar surface area (TPSA) is 26.3 Å². The number of carbonyl (C=O) groups is 1. The van der Waals surface area contributed by atoms with Crippen molar-refractivity contribution in [1.29, 1.82) is 0 Å². The molecule has 0 heterocycles. The van der Waals surface area contributed by atoms with Gasteiger partial charge in [-0.1, -0.05) is 53.0 Å². The highest BCUT2D eigenvalue weighted by Gasteiger charge is 2.90. The molecule has 0 aromatic rings. The molecular formula is C46H48O2. The maximum Gasteiger partial charge on any atom is 0.305 e. The van der Waals surface area contributed by atoms with Gasteiger partial charge in [-0.25, -0.2) is 0 Å². The van der Waals surface area contributed by atoms with Gasteiger partial charge in [0.1, 0.15) is 0 Å². The van der Waals surface area contributed by atoms with E-state index in [-0.39, 0.29) is 5.97 Å². The zero-order chi connectivity index (χ0) is 30.4. The predicted molar refractivity (Wildman–Crippen MR) is 178 cm³/mol. The van der Waals surface area contributed by atoms with Gasteiger partial charge in [0.2, 0.25) is 0 Å². The second kappa shape index (κ2) is 6.64. The molecular weight excluding hydrogens is 585 g/mol. The fourth-order valence-corrected chi connectivity index (χ4v) is 23.4. The molecule has 17 aliphatic rings. The highest BCUT2D eigenvalue weighted by molar-refractivity contribution is 5.69. The minimum atomic E-state index is 0.0122. The molecule has 0 aliphatic heterocycles. The Morgan fingerprint density at radius 1 is 0.729 bits per heavy atom. The first-order valence-corrected chi connectivity index (χ1v) is 21.2. The number of rotatable bonds is 4. The van der Waals surface area contributed by atoms with Crippen LogP contribution in [0.2, 0.25) is 0 Å². The first kappa shape index (κ1) is 24.4. The molecule has 17 rings (SSSR count). The van der Waals surface area contributed by atoms with Crippen molar-refractivity contribution >= 4 is 5.97 Å². The normalized spacial score (nSPS) is 70.0. The third-order valence-corrected chi connectivity index (χ3v) is 22.6. The summed E-state index contributed by atoms with van der Waals surface area (Å²) >= 11 is 0. The average molecular weight is 633 g/mol. The summed E-state index contributed by atoms with van der Waals surface area (Å²) in [6.45, 7) is 2.79. The van der Waals surface area contributed by atoms with Crippen LogP contribution >= 0.6 is 0 Å². The zero-order valence-corrected chi connectivity index (χ0v) is 28.5. The lowest BCUT2D eigenvalue weighted by Crippen LogP contribution is -2.56. The first-order valence-electron chi connectivity index (χ1n) is 21.2. The minimum Gasteiger partial charge on any atom is -0.469 e. The van der Waals surface area contributed by atoms with E-state index in [9.17, 15) is 4.79 Å². The van der Waals surface area contributed by atoms with E-state index in [4.69, 9.17) is 4.74 Å². The van der Waals surface area contributed by atoms with Gasteiger partial charge in [-0.2, -0.15) is 0 Å². The molecule has 0 N–H and O–H groups in total. The number of hydrogen-bond donors (Lipinski definition) is 0. The molecule has 244 valence electrons. The van der Waals surface area contributed by atoms with Crippen LogP contribution < -0.4 is 0 Å². The Balaban J connectivity index is 0.997. The molecule has 0 saturated heterocycles. The van der Waals surface area contributed by atoms with Crippen LogP contribution in [-0.2, 0) is 9.53 Å². The number of methoxy groups -OCH3 is 1. The van der Waals surface area contributed by atoms with E-state index in [1.54, 1.807) is 7.11 Å². The summed E-state index contributed by atoms with van der Waals surface area (Å²) < 4.78 is 5.20. The van der Waals surface area contributed by atoms with E-state index in [1.165, 1.54) is 38.5 Å². The summed E-state index contributed by atoms with van der Waals surface area (Å²) in [5.41, 5.74) is 15.4. The zero-order valence-electron chi connectivity index (χ0n) is 28.5. The van der Waals surface area contributed by atoms with Crippen molar-refractivity contribution in [3.63, 3.8) is 0 Å². The molecule has 0 amide bonds. The Bertz CT molecular complexity index is 2000. The van der Waals surface area contributed by atoms with E-state index in [0.29, 0.717) is 17.3 Å². The smallest absolute Gasteiger partial charge is 0.305 e. The number of esters is 1. The maximum absolute atomic E-state index is 12.5. The van der Waals surface area contributed by atoms with Crippen molar-refractivity contribution in [3.05, 3.63) is 57.2 Å². The van der Waals surface area contributed by atoms with Gasteiger partial charge in [-0.15, -0.1) is 0 Å². The van der Waals surface area contributed by atoms with E-state index >= 15 is 0 Å². The monoisotopic (exact) mass is 632 g/mol. The summed E-state index contributed by atoms with van der Waals surface area (Å²) in [5, 5.41) is 0. The van der Waals surface area contributed by atoms with Crippen molar-refractivity contribution in [3.8, 4) is 0 Å². The van der Waals surface area contributed by atoms with Gasteiger partial charge < -0.3 is 4.74 Å². The van der Waals surface area contributed by atoms with Crippen LogP contribution in [0.25, 0.3) is 0 Å². The molecule has 48 heavy (non-hydrogen) atoms. The van der Waals surface area contributed by atoms with Crippen molar-refractivity contribution in [2.45, 2.75) is 58.3 Å². The van der Waals surface area contributed by atoms with Gasteiger partial charge in [0.05, 0.1) is 7.11 Å².